The summed E-state index contributed by atoms with van der Waals surface area (Å²) in [5.41, 5.74) is 7.49. The number of alkyl halides is 1. The van der Waals surface area contributed by atoms with Crippen LogP contribution in [0, 0.1) is 27.7 Å². The van der Waals surface area contributed by atoms with E-state index in [1.165, 1.54) is 27.8 Å². The maximum absolute atomic E-state index is 6.15. The maximum Gasteiger partial charge on any atom is 0.126 e. The van der Waals surface area contributed by atoms with Crippen molar-refractivity contribution in [1.82, 2.24) is 0 Å². The van der Waals surface area contributed by atoms with E-state index < -0.39 is 0 Å². The highest BCUT2D eigenvalue weighted by Crippen LogP contribution is 2.31. The lowest BCUT2D eigenvalue weighted by Crippen LogP contribution is -2.04. The third-order valence-electron chi connectivity index (χ3n) is 3.66. The molecule has 21 heavy (non-hydrogen) atoms. The van der Waals surface area contributed by atoms with Crippen LogP contribution in [0.2, 0.25) is 0 Å². The Morgan fingerprint density at radius 3 is 2.10 bits per heavy atom. The van der Waals surface area contributed by atoms with E-state index in [4.69, 9.17) is 4.74 Å². The largest absolute Gasteiger partial charge is 0.488 e. The molecular weight excluding hydrogens is 392 g/mol. The average Bonchev–Trinajstić information content (AvgIpc) is 2.38. The molecule has 0 atom stereocenters. The first-order valence-electron chi connectivity index (χ1n) is 6.97. The van der Waals surface area contributed by atoms with Crippen LogP contribution in [0.25, 0.3) is 0 Å². The zero-order valence-corrected chi connectivity index (χ0v) is 16.1. The Labute approximate surface area is 144 Å². The van der Waals surface area contributed by atoms with Crippen LogP contribution in [0.3, 0.4) is 0 Å². The maximum atomic E-state index is 6.15. The summed E-state index contributed by atoms with van der Waals surface area (Å²) in [5.74, 6) is 0.981. The second kappa shape index (κ2) is 6.97. The van der Waals surface area contributed by atoms with E-state index in [9.17, 15) is 0 Å². The molecule has 0 saturated carbocycles. The van der Waals surface area contributed by atoms with Crippen molar-refractivity contribution in [3.8, 4) is 5.75 Å². The van der Waals surface area contributed by atoms with Crippen LogP contribution in [0.4, 0.5) is 0 Å². The van der Waals surface area contributed by atoms with Gasteiger partial charge < -0.3 is 4.74 Å². The molecule has 0 aromatic heterocycles. The van der Waals surface area contributed by atoms with Crippen LogP contribution >= 0.6 is 31.9 Å². The standard InChI is InChI=1S/C18H20Br2O/c1-11-5-12(2)17(13(3)6-11)10-21-18-14(4)7-16(20)8-15(18)9-19/h5-8H,9-10H2,1-4H3. The fourth-order valence-electron chi connectivity index (χ4n) is 2.69. The Bertz CT molecular complexity index is 640. The number of rotatable bonds is 4. The molecule has 3 heteroatoms. The van der Waals surface area contributed by atoms with Crippen molar-refractivity contribution in [1.29, 1.82) is 0 Å². The normalized spacial score (nSPS) is 10.8. The molecule has 2 rings (SSSR count). The molecular formula is C18H20Br2O. The Kier molecular flexibility index (Phi) is 5.50. The van der Waals surface area contributed by atoms with Gasteiger partial charge in [-0.25, -0.2) is 0 Å². The summed E-state index contributed by atoms with van der Waals surface area (Å²) in [5, 5.41) is 0.786. The fourth-order valence-corrected chi connectivity index (χ4v) is 3.72. The van der Waals surface area contributed by atoms with E-state index in [1.807, 2.05) is 0 Å². The molecule has 112 valence electrons. The van der Waals surface area contributed by atoms with Crippen LogP contribution in [0.15, 0.2) is 28.7 Å². The van der Waals surface area contributed by atoms with Crippen LogP contribution in [0.1, 0.15) is 33.4 Å². The first-order valence-corrected chi connectivity index (χ1v) is 8.88. The molecule has 0 heterocycles. The minimum absolute atomic E-state index is 0.612. The molecule has 0 amide bonds. The Morgan fingerprint density at radius 1 is 0.905 bits per heavy atom. The summed E-state index contributed by atoms with van der Waals surface area (Å²) in [4.78, 5) is 0. The van der Waals surface area contributed by atoms with Gasteiger partial charge in [0.1, 0.15) is 12.4 Å². The SMILES string of the molecule is Cc1cc(C)c(COc2c(C)cc(Br)cc2CBr)c(C)c1. The van der Waals surface area contributed by atoms with Gasteiger partial charge in [0.05, 0.1) is 0 Å². The van der Waals surface area contributed by atoms with Crippen molar-refractivity contribution in [3.63, 3.8) is 0 Å². The van der Waals surface area contributed by atoms with Gasteiger partial charge in [-0.2, -0.15) is 0 Å². The van der Waals surface area contributed by atoms with Gasteiger partial charge in [-0.1, -0.05) is 49.6 Å². The van der Waals surface area contributed by atoms with Crippen LogP contribution < -0.4 is 4.74 Å². The zero-order chi connectivity index (χ0) is 15.6. The summed E-state index contributed by atoms with van der Waals surface area (Å²) in [6.45, 7) is 9.13. The Balaban J connectivity index is 2.29. The molecule has 0 unspecified atom stereocenters. The molecule has 0 N–H and O–H groups in total. The summed E-state index contributed by atoms with van der Waals surface area (Å²) < 4.78 is 7.24. The van der Waals surface area contributed by atoms with Gasteiger partial charge in [-0.3, -0.25) is 0 Å². The van der Waals surface area contributed by atoms with Crippen LogP contribution in [0.5, 0.6) is 5.75 Å². The van der Waals surface area contributed by atoms with Crippen molar-refractivity contribution < 1.29 is 4.74 Å². The molecule has 0 bridgehead atoms. The molecule has 0 spiro atoms. The minimum Gasteiger partial charge on any atom is -0.488 e. The van der Waals surface area contributed by atoms with Crippen molar-refractivity contribution >= 4 is 31.9 Å². The van der Waals surface area contributed by atoms with Crippen LogP contribution in [-0.4, -0.2) is 0 Å². The lowest BCUT2D eigenvalue weighted by Gasteiger charge is -2.16. The van der Waals surface area contributed by atoms with Crippen molar-refractivity contribution in [3.05, 3.63) is 62.1 Å². The Hall–Kier alpha value is -0.800. The molecule has 0 aliphatic carbocycles. The molecule has 0 fully saturated rings. The van der Waals surface area contributed by atoms with Gasteiger partial charge in [0.2, 0.25) is 0 Å². The molecule has 2 aromatic rings. The van der Waals surface area contributed by atoms with E-state index in [2.05, 4.69) is 83.8 Å². The third kappa shape index (κ3) is 3.89. The first-order chi connectivity index (χ1) is 9.92. The quantitative estimate of drug-likeness (QED) is 0.547. The number of benzene rings is 2. The summed E-state index contributed by atoms with van der Waals surface area (Å²) in [7, 11) is 0. The lowest BCUT2D eigenvalue weighted by atomic mass is 10.0. The summed E-state index contributed by atoms with van der Waals surface area (Å²) in [6, 6.07) is 8.62. The number of hydrogen-bond acceptors (Lipinski definition) is 1. The molecule has 0 aliphatic rings. The molecule has 1 nitrogen and oxygen atoms in total. The highest BCUT2D eigenvalue weighted by atomic mass is 79.9. The monoisotopic (exact) mass is 410 g/mol. The number of halogens is 2. The lowest BCUT2D eigenvalue weighted by molar-refractivity contribution is 0.300. The van der Waals surface area contributed by atoms with Gasteiger partial charge in [0, 0.05) is 15.4 Å². The minimum atomic E-state index is 0.612. The predicted molar refractivity (Wildman–Crippen MR) is 96.5 cm³/mol. The Morgan fingerprint density at radius 2 is 1.52 bits per heavy atom. The van der Waals surface area contributed by atoms with E-state index >= 15 is 0 Å². The molecule has 0 aliphatic heterocycles. The second-order valence-electron chi connectivity index (χ2n) is 5.51. The van der Waals surface area contributed by atoms with E-state index in [0.717, 1.165) is 21.1 Å². The van der Waals surface area contributed by atoms with Crippen molar-refractivity contribution in [2.45, 2.75) is 39.6 Å². The number of aryl methyl sites for hydroxylation is 4. The molecule has 0 radical (unpaired) electrons. The van der Waals surface area contributed by atoms with E-state index in [1.54, 1.807) is 0 Å². The summed E-state index contributed by atoms with van der Waals surface area (Å²) in [6.07, 6.45) is 0. The number of hydrogen-bond donors (Lipinski definition) is 0. The average molecular weight is 412 g/mol. The van der Waals surface area contributed by atoms with Crippen molar-refractivity contribution in [2.75, 3.05) is 0 Å². The van der Waals surface area contributed by atoms with E-state index in [-0.39, 0.29) is 0 Å². The van der Waals surface area contributed by atoms with Gasteiger partial charge >= 0.3 is 0 Å². The third-order valence-corrected chi connectivity index (χ3v) is 4.72. The second-order valence-corrected chi connectivity index (χ2v) is 6.99. The zero-order valence-electron chi connectivity index (χ0n) is 12.9. The van der Waals surface area contributed by atoms with Gasteiger partial charge in [0.25, 0.3) is 0 Å². The topological polar surface area (TPSA) is 9.23 Å². The van der Waals surface area contributed by atoms with Crippen molar-refractivity contribution in [2.24, 2.45) is 0 Å². The first kappa shape index (κ1) is 16.6. The smallest absolute Gasteiger partial charge is 0.126 e. The van der Waals surface area contributed by atoms with Crippen LogP contribution in [-0.2, 0) is 11.9 Å². The number of ether oxygens (including phenoxy) is 1. The molecule has 0 saturated heterocycles. The predicted octanol–water partition coefficient (Wildman–Crippen LogP) is 6.16. The molecule has 2 aromatic carbocycles. The van der Waals surface area contributed by atoms with E-state index in [0.29, 0.717) is 6.61 Å². The fraction of sp³-hybridized carbons (Fsp3) is 0.333. The highest BCUT2D eigenvalue weighted by Gasteiger charge is 2.10. The van der Waals surface area contributed by atoms with Gasteiger partial charge in [-0.15, -0.1) is 0 Å². The summed E-state index contributed by atoms with van der Waals surface area (Å²) >= 11 is 7.08. The van der Waals surface area contributed by atoms with Gasteiger partial charge in [-0.05, 0) is 62.1 Å². The van der Waals surface area contributed by atoms with Gasteiger partial charge in [0.15, 0.2) is 0 Å². The highest BCUT2D eigenvalue weighted by molar-refractivity contribution is 9.10.